The number of hydrogen-bond acceptors (Lipinski definition) is 1. The van der Waals surface area contributed by atoms with E-state index in [1.54, 1.807) is 6.07 Å². The molecule has 0 aliphatic heterocycles. The van der Waals surface area contributed by atoms with Gasteiger partial charge in [0.2, 0.25) is 5.95 Å². The van der Waals surface area contributed by atoms with Gasteiger partial charge in [-0.2, -0.15) is 9.49 Å². The average Bonchev–Trinajstić information content (AvgIpc) is 2.64. The molecule has 0 bridgehead atoms. The molecule has 0 fully saturated rings. The smallest absolute Gasteiger partial charge is 0.207 e. The molecule has 0 atom stereocenters. The van der Waals surface area contributed by atoms with Crippen LogP contribution in [0, 0.1) is 5.95 Å². The lowest BCUT2D eigenvalue weighted by molar-refractivity contribution is 0.546. The monoisotopic (exact) mass is 176 g/mol. The molecule has 2 radical (unpaired) electrons. The molecule has 0 N–H and O–H groups in total. The van der Waals surface area contributed by atoms with Gasteiger partial charge in [0.05, 0.1) is 11.7 Å². The maximum atomic E-state index is 12.8. The Bertz CT molecular complexity index is 361. The Morgan fingerprint density at radius 1 is 1.31 bits per heavy atom. The second-order valence-corrected chi connectivity index (χ2v) is 2.24. The van der Waals surface area contributed by atoms with Gasteiger partial charge in [-0.15, -0.1) is 0 Å². The van der Waals surface area contributed by atoms with Crippen LogP contribution in [0.3, 0.4) is 0 Å². The van der Waals surface area contributed by atoms with Gasteiger partial charge < -0.3 is 0 Å². The SMILES string of the molecule is CC.[B]c1ccc(F)n2nccc12. The quantitative estimate of drug-likeness (QED) is 0.436. The van der Waals surface area contributed by atoms with Crippen LogP contribution >= 0.6 is 0 Å². The average molecular weight is 176 g/mol. The Morgan fingerprint density at radius 3 is 2.62 bits per heavy atom. The van der Waals surface area contributed by atoms with Crippen LogP contribution in [0.1, 0.15) is 13.8 Å². The number of pyridine rings is 1. The molecular weight excluding hydrogens is 166 g/mol. The van der Waals surface area contributed by atoms with Gasteiger partial charge in [-0.25, -0.2) is 4.52 Å². The molecule has 2 aromatic heterocycles. The zero-order valence-corrected chi connectivity index (χ0v) is 7.66. The van der Waals surface area contributed by atoms with E-state index in [1.165, 1.54) is 18.3 Å². The summed E-state index contributed by atoms with van der Waals surface area (Å²) in [7, 11) is 5.54. The molecule has 0 spiro atoms. The summed E-state index contributed by atoms with van der Waals surface area (Å²) in [5.41, 5.74) is 1.13. The van der Waals surface area contributed by atoms with Gasteiger partial charge in [-0.05, 0) is 12.1 Å². The van der Waals surface area contributed by atoms with Crippen LogP contribution in [0.5, 0.6) is 0 Å². The van der Waals surface area contributed by atoms with E-state index in [1.807, 2.05) is 13.8 Å². The van der Waals surface area contributed by atoms with Crippen molar-refractivity contribution in [1.82, 2.24) is 9.61 Å². The van der Waals surface area contributed by atoms with Crippen LogP contribution in [0.25, 0.3) is 5.52 Å². The maximum Gasteiger partial charge on any atom is 0.214 e. The van der Waals surface area contributed by atoms with E-state index < -0.39 is 5.95 Å². The Hall–Kier alpha value is -1.32. The van der Waals surface area contributed by atoms with Crippen molar-refractivity contribution in [3.05, 3.63) is 30.3 Å². The number of fused-ring (bicyclic) bond motifs is 1. The summed E-state index contributed by atoms with van der Waals surface area (Å²) in [5.74, 6) is -0.404. The van der Waals surface area contributed by atoms with E-state index in [4.69, 9.17) is 7.85 Å². The maximum absolute atomic E-state index is 12.8. The lowest BCUT2D eigenvalue weighted by atomic mass is 9.96. The van der Waals surface area contributed by atoms with Gasteiger partial charge >= 0.3 is 0 Å². The minimum absolute atomic E-state index is 0.404. The molecule has 66 valence electrons. The van der Waals surface area contributed by atoms with Crippen molar-refractivity contribution in [3.63, 3.8) is 0 Å². The minimum Gasteiger partial charge on any atom is -0.207 e. The van der Waals surface area contributed by atoms with Gasteiger partial charge in [0.25, 0.3) is 0 Å². The minimum atomic E-state index is -0.404. The molecule has 0 amide bonds. The summed E-state index contributed by atoms with van der Waals surface area (Å²) >= 11 is 0. The van der Waals surface area contributed by atoms with Crippen LogP contribution in [0.4, 0.5) is 4.39 Å². The third-order valence-electron chi connectivity index (χ3n) is 1.54. The van der Waals surface area contributed by atoms with Gasteiger partial charge in [-0.1, -0.05) is 25.4 Å². The molecule has 2 nitrogen and oxygen atoms in total. The third kappa shape index (κ3) is 1.71. The largest absolute Gasteiger partial charge is 0.214 e. The highest BCUT2D eigenvalue weighted by Gasteiger charge is 2.00. The van der Waals surface area contributed by atoms with E-state index >= 15 is 0 Å². The van der Waals surface area contributed by atoms with Gasteiger partial charge in [0, 0.05) is 0 Å². The highest BCUT2D eigenvalue weighted by atomic mass is 19.1. The van der Waals surface area contributed by atoms with E-state index in [-0.39, 0.29) is 0 Å². The molecule has 0 saturated heterocycles. The van der Waals surface area contributed by atoms with Crippen LogP contribution in [0.2, 0.25) is 0 Å². The molecular formula is C9H10BFN2. The first kappa shape index (κ1) is 9.77. The molecule has 2 aromatic rings. The number of rotatable bonds is 0. The van der Waals surface area contributed by atoms with Crippen molar-refractivity contribution in [3.8, 4) is 0 Å². The lowest BCUT2D eigenvalue weighted by Gasteiger charge is -1.97. The zero-order chi connectivity index (χ0) is 9.84. The Balaban J connectivity index is 0.000000396. The van der Waals surface area contributed by atoms with Crippen LogP contribution in [-0.4, -0.2) is 17.5 Å². The van der Waals surface area contributed by atoms with Crippen molar-refractivity contribution in [2.75, 3.05) is 0 Å². The van der Waals surface area contributed by atoms with E-state index in [2.05, 4.69) is 5.10 Å². The summed E-state index contributed by atoms with van der Waals surface area (Å²) in [6.45, 7) is 4.00. The van der Waals surface area contributed by atoms with E-state index in [0.717, 1.165) is 4.52 Å². The van der Waals surface area contributed by atoms with Gasteiger partial charge in [0.15, 0.2) is 0 Å². The zero-order valence-electron chi connectivity index (χ0n) is 7.66. The Labute approximate surface area is 77.8 Å². The molecule has 0 aliphatic carbocycles. The molecule has 13 heavy (non-hydrogen) atoms. The summed E-state index contributed by atoms with van der Waals surface area (Å²) in [6.07, 6.45) is 1.51. The van der Waals surface area contributed by atoms with Crippen LogP contribution in [-0.2, 0) is 0 Å². The molecule has 4 heteroatoms. The van der Waals surface area contributed by atoms with Crippen molar-refractivity contribution < 1.29 is 4.39 Å². The second-order valence-electron chi connectivity index (χ2n) is 2.24. The number of halogens is 1. The van der Waals surface area contributed by atoms with Crippen molar-refractivity contribution >= 4 is 18.8 Å². The van der Waals surface area contributed by atoms with E-state index in [9.17, 15) is 4.39 Å². The molecule has 2 rings (SSSR count). The van der Waals surface area contributed by atoms with Crippen molar-refractivity contribution in [2.24, 2.45) is 0 Å². The molecule has 0 saturated carbocycles. The number of aromatic nitrogens is 2. The van der Waals surface area contributed by atoms with Crippen LogP contribution in [0.15, 0.2) is 24.4 Å². The van der Waals surface area contributed by atoms with Crippen molar-refractivity contribution in [2.45, 2.75) is 13.8 Å². The number of nitrogens with zero attached hydrogens (tertiary/aromatic N) is 2. The normalized spacial score (nSPS) is 9.46. The number of hydrogen-bond donors (Lipinski definition) is 0. The molecule has 2 heterocycles. The first-order valence-electron chi connectivity index (χ1n) is 4.17. The molecule has 0 aliphatic rings. The fourth-order valence-electron chi connectivity index (χ4n) is 1.01. The second kappa shape index (κ2) is 4.07. The predicted octanol–water partition coefficient (Wildman–Crippen LogP) is 1.29. The summed E-state index contributed by atoms with van der Waals surface area (Å²) in [4.78, 5) is 0. The first-order chi connectivity index (χ1) is 6.29. The topological polar surface area (TPSA) is 17.3 Å². The third-order valence-corrected chi connectivity index (χ3v) is 1.54. The summed E-state index contributed by atoms with van der Waals surface area (Å²) in [5, 5.41) is 3.74. The summed E-state index contributed by atoms with van der Waals surface area (Å²) < 4.78 is 14.0. The van der Waals surface area contributed by atoms with Crippen LogP contribution < -0.4 is 5.46 Å². The highest BCUT2D eigenvalue weighted by molar-refractivity contribution is 6.36. The first-order valence-corrected chi connectivity index (χ1v) is 4.17. The summed E-state index contributed by atoms with van der Waals surface area (Å²) in [6, 6.07) is 4.47. The Kier molecular flexibility index (Phi) is 3.06. The van der Waals surface area contributed by atoms with E-state index in [0.29, 0.717) is 11.0 Å². The van der Waals surface area contributed by atoms with Gasteiger partial charge in [0.1, 0.15) is 7.85 Å². The standard InChI is InChI=1S/C7H4BFN2.C2H6/c8-5-1-2-7(9)11-6(5)3-4-10-11;1-2/h1-4H;1-2H3. The molecule has 0 unspecified atom stereocenters. The highest BCUT2D eigenvalue weighted by Crippen LogP contribution is 2.00. The van der Waals surface area contributed by atoms with Gasteiger partial charge in [-0.3, -0.25) is 0 Å². The molecule has 0 aromatic carbocycles. The lowest BCUT2D eigenvalue weighted by Crippen LogP contribution is -2.08. The fourth-order valence-corrected chi connectivity index (χ4v) is 1.01. The fraction of sp³-hybridized carbons (Fsp3) is 0.222. The van der Waals surface area contributed by atoms with Crippen molar-refractivity contribution in [1.29, 1.82) is 0 Å². The Morgan fingerprint density at radius 2 is 2.00 bits per heavy atom. The predicted molar refractivity (Wildman–Crippen MR) is 51.9 cm³/mol.